The van der Waals surface area contributed by atoms with Crippen LogP contribution in [0.5, 0.6) is 0 Å². The lowest BCUT2D eigenvalue weighted by Crippen LogP contribution is -2.22. The van der Waals surface area contributed by atoms with Crippen molar-refractivity contribution in [1.29, 1.82) is 5.26 Å². The van der Waals surface area contributed by atoms with Crippen molar-refractivity contribution in [3.8, 4) is 6.07 Å². The van der Waals surface area contributed by atoms with Crippen molar-refractivity contribution in [2.24, 2.45) is 5.73 Å². The highest BCUT2D eigenvalue weighted by Gasteiger charge is 2.19. The molecule has 0 aliphatic rings. The Morgan fingerprint density at radius 2 is 1.90 bits per heavy atom. The Morgan fingerprint density at radius 3 is 2.52 bits per heavy atom. The molecule has 4 heteroatoms. The smallest absolute Gasteiger partial charge is 0.147 e. The first-order valence-electron chi connectivity index (χ1n) is 6.88. The van der Waals surface area contributed by atoms with E-state index in [1.165, 1.54) is 6.07 Å². The van der Waals surface area contributed by atoms with Gasteiger partial charge in [-0.2, -0.15) is 5.26 Å². The largest absolute Gasteiger partial charge is 0.338 e. The van der Waals surface area contributed by atoms with Crippen LogP contribution in [0.4, 0.5) is 15.8 Å². The van der Waals surface area contributed by atoms with E-state index in [1.54, 1.807) is 6.07 Å². The molecule has 2 N–H and O–H groups in total. The van der Waals surface area contributed by atoms with Gasteiger partial charge in [0.15, 0.2) is 0 Å². The molecular weight excluding hydrogens is 265 g/mol. The van der Waals surface area contributed by atoms with Crippen molar-refractivity contribution in [3.63, 3.8) is 0 Å². The third kappa shape index (κ3) is 3.39. The van der Waals surface area contributed by atoms with Gasteiger partial charge in [0.2, 0.25) is 0 Å². The molecule has 0 fully saturated rings. The van der Waals surface area contributed by atoms with E-state index in [9.17, 15) is 4.39 Å². The van der Waals surface area contributed by atoms with Gasteiger partial charge in [-0.25, -0.2) is 4.39 Å². The standard InChI is InChI=1S/C17H18FN3/c1-13(20)15-9-5-10-16(18)17(15)21(12-6-11-19)14-7-3-2-4-8-14/h2-5,7-10,13H,6,12,20H2,1H3/t13-/m1/s1. The first-order valence-corrected chi connectivity index (χ1v) is 6.88. The van der Waals surface area contributed by atoms with Gasteiger partial charge in [0.1, 0.15) is 5.82 Å². The summed E-state index contributed by atoms with van der Waals surface area (Å²) in [6, 6.07) is 16.2. The first kappa shape index (κ1) is 15.0. The fourth-order valence-electron chi connectivity index (χ4n) is 2.32. The lowest BCUT2D eigenvalue weighted by molar-refractivity contribution is 0.619. The molecule has 0 spiro atoms. The topological polar surface area (TPSA) is 53.0 Å². The molecule has 3 nitrogen and oxygen atoms in total. The second-order valence-corrected chi connectivity index (χ2v) is 4.86. The molecule has 21 heavy (non-hydrogen) atoms. The first-order chi connectivity index (χ1) is 10.1. The molecule has 0 saturated heterocycles. The van der Waals surface area contributed by atoms with Crippen LogP contribution in [0.2, 0.25) is 0 Å². The van der Waals surface area contributed by atoms with Crippen LogP contribution in [0, 0.1) is 17.1 Å². The molecule has 1 atom stereocenters. The quantitative estimate of drug-likeness (QED) is 0.905. The zero-order valence-electron chi connectivity index (χ0n) is 12.0. The second-order valence-electron chi connectivity index (χ2n) is 4.86. The van der Waals surface area contributed by atoms with Crippen LogP contribution in [0.25, 0.3) is 0 Å². The molecule has 2 aromatic carbocycles. The Kier molecular flexibility index (Phi) is 4.91. The van der Waals surface area contributed by atoms with Gasteiger partial charge in [0.25, 0.3) is 0 Å². The number of anilines is 2. The van der Waals surface area contributed by atoms with Gasteiger partial charge in [0.05, 0.1) is 18.2 Å². The van der Waals surface area contributed by atoms with E-state index in [1.807, 2.05) is 48.2 Å². The number of benzene rings is 2. The average molecular weight is 283 g/mol. The molecule has 108 valence electrons. The molecule has 0 unspecified atom stereocenters. The second kappa shape index (κ2) is 6.87. The van der Waals surface area contributed by atoms with Crippen LogP contribution in [0.3, 0.4) is 0 Å². The molecule has 0 saturated carbocycles. The van der Waals surface area contributed by atoms with E-state index in [0.29, 0.717) is 18.7 Å². The molecule has 2 aromatic rings. The van der Waals surface area contributed by atoms with Crippen molar-refractivity contribution in [2.45, 2.75) is 19.4 Å². The number of nitrogens with zero attached hydrogens (tertiary/aromatic N) is 2. The summed E-state index contributed by atoms with van der Waals surface area (Å²) >= 11 is 0. The van der Waals surface area contributed by atoms with Crippen LogP contribution in [-0.4, -0.2) is 6.54 Å². The highest BCUT2D eigenvalue weighted by atomic mass is 19.1. The summed E-state index contributed by atoms with van der Waals surface area (Å²) in [4.78, 5) is 1.82. The third-order valence-corrected chi connectivity index (χ3v) is 3.29. The van der Waals surface area contributed by atoms with Crippen LogP contribution in [-0.2, 0) is 0 Å². The molecule has 0 radical (unpaired) electrons. The maximum atomic E-state index is 14.4. The highest BCUT2D eigenvalue weighted by Crippen LogP contribution is 2.33. The molecule has 0 aromatic heterocycles. The zero-order chi connectivity index (χ0) is 15.2. The van der Waals surface area contributed by atoms with Crippen LogP contribution >= 0.6 is 0 Å². The van der Waals surface area contributed by atoms with Crippen molar-refractivity contribution < 1.29 is 4.39 Å². The van der Waals surface area contributed by atoms with Gasteiger partial charge in [-0.15, -0.1) is 0 Å². The van der Waals surface area contributed by atoms with Crippen molar-refractivity contribution >= 4 is 11.4 Å². The molecule has 0 aliphatic heterocycles. The fourth-order valence-corrected chi connectivity index (χ4v) is 2.32. The summed E-state index contributed by atoms with van der Waals surface area (Å²) in [5, 5.41) is 8.86. The summed E-state index contributed by atoms with van der Waals surface area (Å²) in [7, 11) is 0. The number of hydrogen-bond acceptors (Lipinski definition) is 3. The normalized spacial score (nSPS) is 11.7. The van der Waals surface area contributed by atoms with Gasteiger partial charge in [-0.3, -0.25) is 0 Å². The predicted octanol–water partition coefficient (Wildman–Crippen LogP) is 3.90. The fraction of sp³-hybridized carbons (Fsp3) is 0.235. The van der Waals surface area contributed by atoms with Crippen molar-refractivity contribution in [3.05, 3.63) is 59.9 Å². The lowest BCUT2D eigenvalue weighted by atomic mass is 10.0. The van der Waals surface area contributed by atoms with Crippen molar-refractivity contribution in [1.82, 2.24) is 0 Å². The molecule has 0 heterocycles. The maximum Gasteiger partial charge on any atom is 0.147 e. The SMILES string of the molecule is C[C@@H](N)c1cccc(F)c1N(CCC#N)c1ccccc1. The molecular formula is C17H18FN3. The number of hydrogen-bond donors (Lipinski definition) is 1. The zero-order valence-corrected chi connectivity index (χ0v) is 12.0. The predicted molar refractivity (Wildman–Crippen MR) is 82.7 cm³/mol. The van der Waals surface area contributed by atoms with Crippen LogP contribution in [0.1, 0.15) is 24.9 Å². The summed E-state index contributed by atoms with van der Waals surface area (Å²) < 4.78 is 14.4. The Hall–Kier alpha value is -2.38. The monoisotopic (exact) mass is 283 g/mol. The minimum absolute atomic E-state index is 0.288. The molecule has 2 rings (SSSR count). The Morgan fingerprint density at radius 1 is 1.19 bits per heavy atom. The number of para-hydroxylation sites is 2. The van der Waals surface area contributed by atoms with Gasteiger partial charge >= 0.3 is 0 Å². The number of halogens is 1. The Balaban J connectivity index is 2.54. The maximum absolute atomic E-state index is 14.4. The third-order valence-electron chi connectivity index (χ3n) is 3.29. The summed E-state index contributed by atoms with van der Waals surface area (Å²) in [5.41, 5.74) is 8.00. The summed E-state index contributed by atoms with van der Waals surface area (Å²) in [6.07, 6.45) is 0.307. The van der Waals surface area contributed by atoms with Gasteiger partial charge < -0.3 is 10.6 Å². The molecule has 0 aliphatic carbocycles. The van der Waals surface area contributed by atoms with E-state index in [-0.39, 0.29) is 11.9 Å². The Labute approximate surface area is 124 Å². The highest BCUT2D eigenvalue weighted by molar-refractivity contribution is 5.67. The van der Waals surface area contributed by atoms with E-state index in [4.69, 9.17) is 11.0 Å². The Bertz CT molecular complexity index is 632. The van der Waals surface area contributed by atoms with Crippen LogP contribution < -0.4 is 10.6 Å². The molecule has 0 bridgehead atoms. The van der Waals surface area contributed by atoms with Gasteiger partial charge in [-0.05, 0) is 30.7 Å². The number of rotatable bonds is 5. The van der Waals surface area contributed by atoms with Gasteiger partial charge in [-0.1, -0.05) is 30.3 Å². The summed E-state index contributed by atoms with van der Waals surface area (Å²) in [5.74, 6) is -0.327. The van der Waals surface area contributed by atoms with E-state index < -0.39 is 0 Å². The van der Waals surface area contributed by atoms with Gasteiger partial charge in [0, 0.05) is 18.3 Å². The van der Waals surface area contributed by atoms with E-state index in [0.717, 1.165) is 11.3 Å². The van der Waals surface area contributed by atoms with Crippen LogP contribution in [0.15, 0.2) is 48.5 Å². The molecule has 0 amide bonds. The minimum Gasteiger partial charge on any atom is -0.338 e. The summed E-state index contributed by atoms with van der Waals surface area (Å²) in [6.45, 7) is 2.24. The minimum atomic E-state index is -0.327. The lowest BCUT2D eigenvalue weighted by Gasteiger charge is -2.28. The number of nitrogens with two attached hydrogens (primary N) is 1. The average Bonchev–Trinajstić information content (AvgIpc) is 2.49. The number of nitriles is 1. The van der Waals surface area contributed by atoms with Crippen molar-refractivity contribution in [2.75, 3.05) is 11.4 Å². The van der Waals surface area contributed by atoms with E-state index in [2.05, 4.69) is 6.07 Å². The van der Waals surface area contributed by atoms with E-state index >= 15 is 0 Å².